The molecule has 4 heteroatoms. The molecule has 0 unspecified atom stereocenters. The zero-order valence-corrected chi connectivity index (χ0v) is 11.3. The van der Waals surface area contributed by atoms with Gasteiger partial charge in [-0.15, -0.1) is 11.3 Å². The lowest BCUT2D eigenvalue weighted by atomic mass is 10.3. The molecule has 1 saturated carbocycles. The molecule has 1 aliphatic carbocycles. The van der Waals surface area contributed by atoms with Gasteiger partial charge in [0, 0.05) is 17.0 Å². The first kappa shape index (κ1) is 12.2. The van der Waals surface area contributed by atoms with Crippen LogP contribution in [0.2, 0.25) is 0 Å². The SMILES string of the molecule is O=C(/C=C\c1cccs1)N(Cc1ccco1)C1CC1. The van der Waals surface area contributed by atoms with Crippen molar-refractivity contribution in [1.82, 2.24) is 4.90 Å². The van der Waals surface area contributed by atoms with E-state index in [1.54, 1.807) is 23.7 Å². The maximum absolute atomic E-state index is 12.2. The largest absolute Gasteiger partial charge is 0.467 e. The first-order chi connectivity index (χ1) is 9.33. The molecule has 3 nitrogen and oxygen atoms in total. The molecule has 98 valence electrons. The maximum atomic E-state index is 12.2. The molecule has 1 amide bonds. The van der Waals surface area contributed by atoms with Crippen LogP contribution in [-0.2, 0) is 11.3 Å². The van der Waals surface area contributed by atoms with E-state index in [4.69, 9.17) is 4.42 Å². The van der Waals surface area contributed by atoms with Gasteiger partial charge in [-0.05, 0) is 42.5 Å². The highest BCUT2D eigenvalue weighted by atomic mass is 32.1. The van der Waals surface area contributed by atoms with Gasteiger partial charge in [0.25, 0.3) is 0 Å². The minimum absolute atomic E-state index is 0.0623. The summed E-state index contributed by atoms with van der Waals surface area (Å²) in [6, 6.07) is 8.13. The van der Waals surface area contributed by atoms with Crippen molar-refractivity contribution in [3.8, 4) is 0 Å². The fourth-order valence-electron chi connectivity index (χ4n) is 1.98. The monoisotopic (exact) mass is 273 g/mol. The van der Waals surface area contributed by atoms with Gasteiger partial charge in [-0.25, -0.2) is 0 Å². The van der Waals surface area contributed by atoms with Crippen LogP contribution in [0.25, 0.3) is 6.08 Å². The number of nitrogens with zero attached hydrogens (tertiary/aromatic N) is 1. The van der Waals surface area contributed by atoms with E-state index in [0.717, 1.165) is 23.5 Å². The topological polar surface area (TPSA) is 33.5 Å². The molecule has 1 fully saturated rings. The van der Waals surface area contributed by atoms with Crippen LogP contribution in [-0.4, -0.2) is 16.8 Å². The Morgan fingerprint density at radius 1 is 1.42 bits per heavy atom. The predicted molar refractivity (Wildman–Crippen MR) is 75.6 cm³/mol. The van der Waals surface area contributed by atoms with Crippen molar-refractivity contribution in [2.75, 3.05) is 0 Å². The first-order valence-corrected chi connectivity index (χ1v) is 7.25. The van der Waals surface area contributed by atoms with E-state index in [-0.39, 0.29) is 5.91 Å². The van der Waals surface area contributed by atoms with Crippen LogP contribution in [0.1, 0.15) is 23.5 Å². The average molecular weight is 273 g/mol. The summed E-state index contributed by atoms with van der Waals surface area (Å²) < 4.78 is 5.33. The van der Waals surface area contributed by atoms with Gasteiger partial charge >= 0.3 is 0 Å². The molecule has 1 aliphatic rings. The molecule has 0 aromatic carbocycles. The summed E-state index contributed by atoms with van der Waals surface area (Å²) in [5, 5.41) is 2.01. The number of thiophene rings is 1. The summed E-state index contributed by atoms with van der Waals surface area (Å²) in [7, 11) is 0. The van der Waals surface area contributed by atoms with Crippen molar-refractivity contribution in [1.29, 1.82) is 0 Å². The molecule has 0 spiro atoms. The number of amides is 1. The minimum atomic E-state index is 0.0623. The van der Waals surface area contributed by atoms with Crippen LogP contribution in [0.3, 0.4) is 0 Å². The molecule has 19 heavy (non-hydrogen) atoms. The minimum Gasteiger partial charge on any atom is -0.467 e. The molecule has 0 N–H and O–H groups in total. The van der Waals surface area contributed by atoms with Gasteiger partial charge in [-0.3, -0.25) is 4.79 Å². The first-order valence-electron chi connectivity index (χ1n) is 6.37. The van der Waals surface area contributed by atoms with Gasteiger partial charge in [0.1, 0.15) is 5.76 Å². The zero-order valence-electron chi connectivity index (χ0n) is 10.5. The second-order valence-corrected chi connectivity index (χ2v) is 5.60. The third kappa shape index (κ3) is 3.15. The summed E-state index contributed by atoms with van der Waals surface area (Å²) in [5.41, 5.74) is 0. The predicted octanol–water partition coefficient (Wildman–Crippen LogP) is 3.55. The smallest absolute Gasteiger partial charge is 0.247 e. The fraction of sp³-hybridized carbons (Fsp3) is 0.267. The molecule has 2 aromatic rings. The summed E-state index contributed by atoms with van der Waals surface area (Å²) in [6.07, 6.45) is 7.38. The third-order valence-corrected chi connectivity index (χ3v) is 3.95. The highest BCUT2D eigenvalue weighted by Crippen LogP contribution is 2.29. The Kier molecular flexibility index (Phi) is 3.51. The van der Waals surface area contributed by atoms with Crippen LogP contribution in [0.15, 0.2) is 46.4 Å². The molecular formula is C15H15NO2S. The van der Waals surface area contributed by atoms with E-state index in [1.807, 2.05) is 40.6 Å². The lowest BCUT2D eigenvalue weighted by molar-refractivity contribution is -0.127. The van der Waals surface area contributed by atoms with Crippen LogP contribution in [0.4, 0.5) is 0 Å². The normalized spacial score (nSPS) is 14.9. The standard InChI is InChI=1S/C15H15NO2S/c17-15(8-7-14-4-2-10-19-14)16(12-5-6-12)11-13-3-1-9-18-13/h1-4,7-10,12H,5-6,11H2/b8-7-. The fourth-order valence-corrected chi connectivity index (χ4v) is 2.60. The summed E-state index contributed by atoms with van der Waals surface area (Å²) in [6.45, 7) is 0.561. The van der Waals surface area contributed by atoms with Crippen LogP contribution < -0.4 is 0 Å². The van der Waals surface area contributed by atoms with Gasteiger partial charge in [0.15, 0.2) is 0 Å². The van der Waals surface area contributed by atoms with Crippen molar-refractivity contribution in [3.05, 3.63) is 52.6 Å². The Morgan fingerprint density at radius 3 is 2.95 bits per heavy atom. The number of carbonyl (C=O) groups excluding carboxylic acids is 1. The Morgan fingerprint density at radius 2 is 2.32 bits per heavy atom. The van der Waals surface area contributed by atoms with Crippen molar-refractivity contribution >= 4 is 23.3 Å². The molecule has 2 aromatic heterocycles. The van der Waals surface area contributed by atoms with Gasteiger partial charge in [-0.1, -0.05) is 6.07 Å². The van der Waals surface area contributed by atoms with Crippen LogP contribution in [0.5, 0.6) is 0 Å². The van der Waals surface area contributed by atoms with Crippen LogP contribution in [0, 0.1) is 0 Å². The Labute approximate surface area is 116 Å². The number of carbonyl (C=O) groups is 1. The maximum Gasteiger partial charge on any atom is 0.247 e. The van der Waals surface area contributed by atoms with Gasteiger partial charge in [0.05, 0.1) is 12.8 Å². The third-order valence-electron chi connectivity index (χ3n) is 3.11. The van der Waals surface area contributed by atoms with E-state index < -0.39 is 0 Å². The van der Waals surface area contributed by atoms with E-state index in [0.29, 0.717) is 12.6 Å². The molecule has 0 atom stereocenters. The molecule has 0 aliphatic heterocycles. The van der Waals surface area contributed by atoms with E-state index in [9.17, 15) is 4.79 Å². The molecule has 2 heterocycles. The second-order valence-electron chi connectivity index (χ2n) is 4.63. The molecule has 0 saturated heterocycles. The molecular weight excluding hydrogens is 258 g/mol. The van der Waals surface area contributed by atoms with E-state index in [2.05, 4.69) is 0 Å². The van der Waals surface area contributed by atoms with E-state index in [1.165, 1.54) is 0 Å². The lowest BCUT2D eigenvalue weighted by Gasteiger charge is -2.19. The van der Waals surface area contributed by atoms with Gasteiger partial charge < -0.3 is 9.32 Å². The Hall–Kier alpha value is -1.81. The number of furan rings is 1. The zero-order chi connectivity index (χ0) is 13.1. The Bertz CT molecular complexity index is 553. The highest BCUT2D eigenvalue weighted by Gasteiger charge is 2.32. The average Bonchev–Trinajstić information content (AvgIpc) is 2.94. The summed E-state index contributed by atoms with van der Waals surface area (Å²) >= 11 is 1.63. The number of rotatable bonds is 5. The molecule has 0 bridgehead atoms. The lowest BCUT2D eigenvalue weighted by Crippen LogP contribution is -2.30. The quantitative estimate of drug-likeness (QED) is 0.781. The van der Waals surface area contributed by atoms with Crippen molar-refractivity contribution in [3.63, 3.8) is 0 Å². The number of hydrogen-bond donors (Lipinski definition) is 0. The van der Waals surface area contributed by atoms with Crippen molar-refractivity contribution in [2.24, 2.45) is 0 Å². The Balaban J connectivity index is 1.68. The van der Waals surface area contributed by atoms with Gasteiger partial charge in [0.2, 0.25) is 5.91 Å². The van der Waals surface area contributed by atoms with E-state index >= 15 is 0 Å². The molecule has 0 radical (unpaired) electrons. The summed E-state index contributed by atoms with van der Waals surface area (Å²) in [4.78, 5) is 15.2. The molecule has 3 rings (SSSR count). The van der Waals surface area contributed by atoms with Crippen molar-refractivity contribution in [2.45, 2.75) is 25.4 Å². The van der Waals surface area contributed by atoms with Gasteiger partial charge in [-0.2, -0.15) is 0 Å². The summed E-state index contributed by atoms with van der Waals surface area (Å²) in [5.74, 6) is 0.900. The van der Waals surface area contributed by atoms with Crippen molar-refractivity contribution < 1.29 is 9.21 Å². The highest BCUT2D eigenvalue weighted by molar-refractivity contribution is 7.10. The second kappa shape index (κ2) is 5.45. The number of hydrogen-bond acceptors (Lipinski definition) is 3. The van der Waals surface area contributed by atoms with Crippen LogP contribution >= 0.6 is 11.3 Å².